The number of amides is 1. The van der Waals surface area contributed by atoms with Crippen LogP contribution in [0.2, 0.25) is 0 Å². The second-order valence-corrected chi connectivity index (χ2v) is 6.89. The molecule has 0 atom stereocenters. The summed E-state index contributed by atoms with van der Waals surface area (Å²) in [5, 5.41) is 2.69. The Balaban J connectivity index is 2.30. The van der Waals surface area contributed by atoms with Gasteiger partial charge in [0, 0.05) is 5.56 Å². The fourth-order valence-corrected chi connectivity index (χ4v) is 3.18. The Morgan fingerprint density at radius 1 is 1.45 bits per heavy atom. The number of halogens is 2. The second-order valence-electron chi connectivity index (χ2n) is 4.08. The summed E-state index contributed by atoms with van der Waals surface area (Å²) in [6, 6.07) is 5.66. The summed E-state index contributed by atoms with van der Waals surface area (Å²) in [7, 11) is 0. The second kappa shape index (κ2) is 5.99. The normalized spacial score (nSPS) is 10.3. The smallest absolute Gasteiger partial charge is 0.265 e. The van der Waals surface area contributed by atoms with Gasteiger partial charge in [-0.3, -0.25) is 4.79 Å². The number of nitrogens with two attached hydrogens (primary N) is 1. The Kier molecular flexibility index (Phi) is 4.52. The molecule has 1 amide bonds. The van der Waals surface area contributed by atoms with E-state index in [1.54, 1.807) is 6.07 Å². The van der Waals surface area contributed by atoms with Gasteiger partial charge in [0.1, 0.15) is 10.8 Å². The Bertz CT molecular complexity index is 680. The third kappa shape index (κ3) is 3.23. The van der Waals surface area contributed by atoms with E-state index in [1.165, 1.54) is 29.5 Å². The van der Waals surface area contributed by atoms with Gasteiger partial charge < -0.3 is 11.1 Å². The quantitative estimate of drug-likeness (QED) is 0.804. The molecule has 20 heavy (non-hydrogen) atoms. The molecule has 0 fully saturated rings. The largest absolute Gasteiger partial charge is 0.389 e. The highest BCUT2D eigenvalue weighted by molar-refractivity contribution is 9.11. The number of hydrogen-bond donors (Lipinski definition) is 2. The Hall–Kier alpha value is -1.31. The number of thiophene rings is 1. The van der Waals surface area contributed by atoms with E-state index in [0.717, 1.165) is 9.35 Å². The lowest BCUT2D eigenvalue weighted by Crippen LogP contribution is -2.17. The third-order valence-electron chi connectivity index (χ3n) is 2.58. The first-order valence-corrected chi connectivity index (χ1v) is 7.57. The monoisotopic (exact) mass is 372 g/mol. The predicted molar refractivity (Wildman–Crippen MR) is 87.0 cm³/mol. The van der Waals surface area contributed by atoms with Crippen LogP contribution in [0.15, 0.2) is 28.1 Å². The lowest BCUT2D eigenvalue weighted by Gasteiger charge is -2.09. The van der Waals surface area contributed by atoms with Gasteiger partial charge >= 0.3 is 0 Å². The third-order valence-corrected chi connectivity index (χ3v) is 4.93. The van der Waals surface area contributed by atoms with Gasteiger partial charge in [0.25, 0.3) is 5.91 Å². The number of anilines is 1. The van der Waals surface area contributed by atoms with Gasteiger partial charge in [0.15, 0.2) is 0 Å². The summed E-state index contributed by atoms with van der Waals surface area (Å²) < 4.78 is 14.1. The van der Waals surface area contributed by atoms with E-state index in [1.807, 2.05) is 6.92 Å². The van der Waals surface area contributed by atoms with Crippen LogP contribution >= 0.6 is 39.5 Å². The van der Waals surface area contributed by atoms with Crippen molar-refractivity contribution in [2.45, 2.75) is 6.92 Å². The van der Waals surface area contributed by atoms with Gasteiger partial charge in [0.2, 0.25) is 0 Å². The molecule has 1 heterocycles. The zero-order chi connectivity index (χ0) is 14.9. The summed E-state index contributed by atoms with van der Waals surface area (Å²) in [4.78, 5) is 12.7. The number of aryl methyl sites for hydroxylation is 1. The van der Waals surface area contributed by atoms with Crippen molar-refractivity contribution in [3.8, 4) is 0 Å². The van der Waals surface area contributed by atoms with Crippen LogP contribution in [0, 0.1) is 12.7 Å². The van der Waals surface area contributed by atoms with Crippen molar-refractivity contribution in [2.75, 3.05) is 5.32 Å². The maximum Gasteiger partial charge on any atom is 0.265 e. The van der Waals surface area contributed by atoms with Gasteiger partial charge in [-0.25, -0.2) is 4.39 Å². The Morgan fingerprint density at radius 3 is 2.70 bits per heavy atom. The van der Waals surface area contributed by atoms with Crippen LogP contribution < -0.4 is 11.1 Å². The van der Waals surface area contributed by atoms with Gasteiger partial charge in [-0.15, -0.1) is 11.3 Å². The van der Waals surface area contributed by atoms with Crippen LogP contribution in [0.3, 0.4) is 0 Å². The van der Waals surface area contributed by atoms with Gasteiger partial charge in [-0.2, -0.15) is 0 Å². The zero-order valence-electron chi connectivity index (χ0n) is 10.4. The average molecular weight is 373 g/mol. The number of rotatable bonds is 3. The molecule has 0 aliphatic carbocycles. The van der Waals surface area contributed by atoms with Crippen LogP contribution in [-0.2, 0) is 0 Å². The molecule has 0 radical (unpaired) electrons. The highest BCUT2D eigenvalue weighted by Crippen LogP contribution is 2.28. The van der Waals surface area contributed by atoms with E-state index in [2.05, 4.69) is 21.2 Å². The Labute approximate surface area is 133 Å². The topological polar surface area (TPSA) is 55.1 Å². The van der Waals surface area contributed by atoms with Crippen LogP contribution in [0.1, 0.15) is 20.8 Å². The van der Waals surface area contributed by atoms with Gasteiger partial charge in [-0.05, 0) is 52.7 Å². The van der Waals surface area contributed by atoms with Crippen LogP contribution in [0.4, 0.5) is 10.1 Å². The highest BCUT2D eigenvalue weighted by atomic mass is 79.9. The van der Waals surface area contributed by atoms with E-state index >= 15 is 0 Å². The molecule has 1 aromatic heterocycles. The van der Waals surface area contributed by atoms with Crippen LogP contribution in [0.25, 0.3) is 0 Å². The molecular weight excluding hydrogens is 363 g/mol. The van der Waals surface area contributed by atoms with Crippen molar-refractivity contribution in [1.82, 2.24) is 0 Å². The van der Waals surface area contributed by atoms with Crippen molar-refractivity contribution in [3.05, 3.63) is 49.9 Å². The van der Waals surface area contributed by atoms with Crippen molar-refractivity contribution in [1.29, 1.82) is 0 Å². The lowest BCUT2D eigenvalue weighted by molar-refractivity contribution is 0.103. The molecule has 0 bridgehead atoms. The summed E-state index contributed by atoms with van der Waals surface area (Å²) >= 11 is 9.55. The summed E-state index contributed by atoms with van der Waals surface area (Å²) in [5.74, 6) is -0.742. The van der Waals surface area contributed by atoms with Gasteiger partial charge in [-0.1, -0.05) is 12.2 Å². The number of carbonyl (C=O) groups excluding carboxylic acids is 1. The van der Waals surface area contributed by atoms with Crippen molar-refractivity contribution in [2.24, 2.45) is 5.73 Å². The molecule has 7 heteroatoms. The SMILES string of the molecule is Cc1cc(C(=O)Nc2ccc(F)cc2C(N)=S)sc1Br. The first-order valence-electron chi connectivity index (χ1n) is 5.55. The molecule has 2 rings (SSSR count). The Morgan fingerprint density at radius 2 is 2.15 bits per heavy atom. The lowest BCUT2D eigenvalue weighted by atomic mass is 10.1. The van der Waals surface area contributed by atoms with Crippen molar-refractivity contribution in [3.63, 3.8) is 0 Å². The van der Waals surface area contributed by atoms with E-state index in [9.17, 15) is 9.18 Å². The van der Waals surface area contributed by atoms with E-state index < -0.39 is 5.82 Å². The van der Waals surface area contributed by atoms with E-state index in [0.29, 0.717) is 16.1 Å². The molecule has 0 aliphatic heterocycles. The summed E-state index contributed by atoms with van der Waals surface area (Å²) in [6.45, 7) is 1.90. The van der Waals surface area contributed by atoms with Crippen LogP contribution in [0.5, 0.6) is 0 Å². The minimum Gasteiger partial charge on any atom is -0.389 e. The number of hydrogen-bond acceptors (Lipinski definition) is 3. The molecule has 1 aromatic carbocycles. The number of thiocarbonyl (C=S) groups is 1. The molecule has 3 nitrogen and oxygen atoms in total. The standard InChI is InChI=1S/C13H10BrFN2OS2/c1-6-4-10(20-11(6)14)13(18)17-9-3-2-7(15)5-8(9)12(16)19/h2-5H,1H3,(H2,16,19)(H,17,18). The minimum atomic E-state index is -0.458. The molecule has 0 saturated heterocycles. The zero-order valence-corrected chi connectivity index (χ0v) is 13.6. The first-order chi connectivity index (χ1) is 9.38. The highest BCUT2D eigenvalue weighted by Gasteiger charge is 2.14. The maximum absolute atomic E-state index is 13.2. The summed E-state index contributed by atoms with van der Waals surface area (Å²) in [6.07, 6.45) is 0. The molecule has 0 saturated carbocycles. The first kappa shape index (κ1) is 15.1. The molecule has 0 unspecified atom stereocenters. The number of benzene rings is 1. The number of carbonyl (C=O) groups is 1. The van der Waals surface area contributed by atoms with E-state index in [-0.39, 0.29) is 10.9 Å². The minimum absolute atomic E-state index is 0.0309. The number of nitrogens with one attached hydrogen (secondary N) is 1. The molecule has 104 valence electrons. The van der Waals surface area contributed by atoms with Crippen molar-refractivity contribution >= 4 is 56.1 Å². The molecule has 0 spiro atoms. The van der Waals surface area contributed by atoms with Crippen LogP contribution in [-0.4, -0.2) is 10.9 Å². The fourth-order valence-electron chi connectivity index (χ4n) is 1.59. The molecule has 0 aliphatic rings. The molecular formula is C13H10BrFN2OS2. The predicted octanol–water partition coefficient (Wildman–Crippen LogP) is 3.84. The molecule has 2 aromatic rings. The molecule has 3 N–H and O–H groups in total. The van der Waals surface area contributed by atoms with Crippen molar-refractivity contribution < 1.29 is 9.18 Å². The van der Waals surface area contributed by atoms with E-state index in [4.69, 9.17) is 18.0 Å². The summed E-state index contributed by atoms with van der Waals surface area (Å²) in [5.41, 5.74) is 7.22. The average Bonchev–Trinajstić information content (AvgIpc) is 2.71. The van der Waals surface area contributed by atoms with Gasteiger partial charge in [0.05, 0.1) is 14.4 Å². The maximum atomic E-state index is 13.2. The fraction of sp³-hybridized carbons (Fsp3) is 0.0769.